The van der Waals surface area contributed by atoms with E-state index in [0.29, 0.717) is 31.2 Å². The van der Waals surface area contributed by atoms with Crippen molar-refractivity contribution in [2.75, 3.05) is 31.5 Å². The number of hydrogen-bond donors (Lipinski definition) is 1. The second kappa shape index (κ2) is 9.02. The lowest BCUT2D eigenvalue weighted by molar-refractivity contribution is -0.121. The molecule has 1 amide bonds. The number of sulfonamides is 1. The van der Waals surface area contributed by atoms with Crippen molar-refractivity contribution < 1.29 is 13.2 Å². The Morgan fingerprint density at radius 1 is 1.03 bits per heavy atom. The first-order valence-electron chi connectivity index (χ1n) is 9.26. The number of carbonyl (C=O) groups is 1. The van der Waals surface area contributed by atoms with Crippen LogP contribution in [0.5, 0.6) is 0 Å². The second-order valence-corrected chi connectivity index (χ2v) is 9.75. The molecule has 156 valence electrons. The number of rotatable bonds is 5. The minimum absolute atomic E-state index is 0.111. The molecule has 1 saturated heterocycles. The van der Waals surface area contributed by atoms with E-state index in [4.69, 9.17) is 23.2 Å². The molecule has 1 aliphatic rings. The molecule has 1 atom stereocenters. The van der Waals surface area contributed by atoms with Crippen molar-refractivity contribution >= 4 is 44.8 Å². The minimum atomic E-state index is -3.66. The minimum Gasteiger partial charge on any atom is -0.324 e. The topological polar surface area (TPSA) is 69.7 Å². The average Bonchev–Trinajstić information content (AvgIpc) is 2.71. The molecule has 1 fully saturated rings. The van der Waals surface area contributed by atoms with Gasteiger partial charge in [0.05, 0.1) is 21.0 Å². The van der Waals surface area contributed by atoms with Crippen molar-refractivity contribution in [1.29, 1.82) is 0 Å². The normalized spacial score (nSPS) is 17.1. The van der Waals surface area contributed by atoms with Crippen LogP contribution in [0.15, 0.2) is 47.4 Å². The van der Waals surface area contributed by atoms with Gasteiger partial charge in [-0.1, -0.05) is 41.4 Å². The van der Waals surface area contributed by atoms with Gasteiger partial charge < -0.3 is 5.32 Å². The number of nitrogens with zero attached hydrogens (tertiary/aromatic N) is 2. The Balaban J connectivity index is 1.62. The van der Waals surface area contributed by atoms with Crippen LogP contribution in [0.25, 0.3) is 0 Å². The first kappa shape index (κ1) is 22.1. The largest absolute Gasteiger partial charge is 0.324 e. The van der Waals surface area contributed by atoms with E-state index in [1.807, 2.05) is 43.0 Å². The Bertz CT molecular complexity index is 1010. The number of nitrogens with one attached hydrogen (secondary N) is 1. The van der Waals surface area contributed by atoms with Gasteiger partial charge in [-0.15, -0.1) is 0 Å². The number of para-hydroxylation sites is 1. The predicted octanol–water partition coefficient (Wildman–Crippen LogP) is 3.64. The van der Waals surface area contributed by atoms with Gasteiger partial charge in [-0.2, -0.15) is 4.31 Å². The lowest BCUT2D eigenvalue weighted by Gasteiger charge is -2.36. The van der Waals surface area contributed by atoms with Crippen molar-refractivity contribution in [2.24, 2.45) is 0 Å². The molecule has 2 aromatic rings. The number of hydrogen-bond acceptors (Lipinski definition) is 4. The maximum absolute atomic E-state index is 12.9. The zero-order valence-electron chi connectivity index (χ0n) is 16.2. The van der Waals surface area contributed by atoms with Crippen molar-refractivity contribution in [3.63, 3.8) is 0 Å². The van der Waals surface area contributed by atoms with Gasteiger partial charge >= 0.3 is 0 Å². The smallest absolute Gasteiger partial charge is 0.243 e. The Hall–Kier alpha value is -1.64. The summed E-state index contributed by atoms with van der Waals surface area (Å²) in [7, 11) is -3.66. The number of piperazine rings is 1. The molecule has 0 aromatic heterocycles. The molecule has 0 bridgehead atoms. The number of halogens is 2. The zero-order chi connectivity index (χ0) is 21.2. The Kier molecular flexibility index (Phi) is 6.86. The fourth-order valence-corrected chi connectivity index (χ4v) is 5.05. The van der Waals surface area contributed by atoms with Crippen LogP contribution in [0.3, 0.4) is 0 Å². The lowest BCUT2D eigenvalue weighted by atomic mass is 10.2. The summed E-state index contributed by atoms with van der Waals surface area (Å²) >= 11 is 11.9. The standard InChI is InChI=1S/C20H23Cl2N3O3S/c1-14-5-3-4-6-19(14)23-20(26)15(2)24-9-11-25(12-10-24)29(27,28)16-7-8-17(21)18(22)13-16/h3-8,13,15H,9-12H2,1-2H3,(H,23,26)/t15-/m0/s1. The molecule has 0 saturated carbocycles. The Labute approximate surface area is 181 Å². The summed E-state index contributed by atoms with van der Waals surface area (Å²) in [5.41, 5.74) is 1.77. The van der Waals surface area contributed by atoms with Gasteiger partial charge in [-0.3, -0.25) is 9.69 Å². The molecular weight excluding hydrogens is 433 g/mol. The Morgan fingerprint density at radius 2 is 1.69 bits per heavy atom. The van der Waals surface area contributed by atoms with Crippen LogP contribution in [0.2, 0.25) is 10.0 Å². The van der Waals surface area contributed by atoms with E-state index < -0.39 is 10.0 Å². The van der Waals surface area contributed by atoms with E-state index in [9.17, 15) is 13.2 Å². The van der Waals surface area contributed by atoms with E-state index in [1.54, 1.807) is 0 Å². The van der Waals surface area contributed by atoms with Crippen molar-refractivity contribution in [3.8, 4) is 0 Å². The van der Waals surface area contributed by atoms with Gasteiger partial charge in [0.1, 0.15) is 0 Å². The van der Waals surface area contributed by atoms with E-state index in [0.717, 1.165) is 11.3 Å². The molecule has 3 rings (SSSR count). The molecule has 1 heterocycles. The lowest BCUT2D eigenvalue weighted by Crippen LogP contribution is -2.53. The molecule has 29 heavy (non-hydrogen) atoms. The third kappa shape index (κ3) is 4.92. The number of aryl methyl sites for hydroxylation is 1. The predicted molar refractivity (Wildman–Crippen MR) is 116 cm³/mol. The SMILES string of the molecule is Cc1ccccc1NC(=O)[C@H](C)N1CCN(S(=O)(=O)c2ccc(Cl)c(Cl)c2)CC1. The highest BCUT2D eigenvalue weighted by atomic mass is 35.5. The summed E-state index contributed by atoms with van der Waals surface area (Å²) in [5, 5.41) is 3.46. The fourth-order valence-electron chi connectivity index (χ4n) is 3.23. The molecule has 1 N–H and O–H groups in total. The van der Waals surface area contributed by atoms with Crippen LogP contribution in [-0.4, -0.2) is 55.8 Å². The van der Waals surface area contributed by atoms with Crippen LogP contribution in [-0.2, 0) is 14.8 Å². The van der Waals surface area contributed by atoms with E-state index in [1.165, 1.54) is 22.5 Å². The van der Waals surface area contributed by atoms with Gasteiger partial charge in [-0.25, -0.2) is 8.42 Å². The molecule has 2 aromatic carbocycles. The summed E-state index contributed by atoms with van der Waals surface area (Å²) in [5.74, 6) is -0.111. The fraction of sp³-hybridized carbons (Fsp3) is 0.350. The van der Waals surface area contributed by atoms with Crippen molar-refractivity contribution in [1.82, 2.24) is 9.21 Å². The molecule has 9 heteroatoms. The van der Waals surface area contributed by atoms with Crippen molar-refractivity contribution in [3.05, 3.63) is 58.1 Å². The summed E-state index contributed by atoms with van der Waals surface area (Å²) in [4.78, 5) is 14.7. The molecule has 0 spiro atoms. The molecule has 0 unspecified atom stereocenters. The third-order valence-electron chi connectivity index (χ3n) is 5.13. The number of benzene rings is 2. The summed E-state index contributed by atoms with van der Waals surface area (Å²) in [6, 6.07) is 11.5. The summed E-state index contributed by atoms with van der Waals surface area (Å²) in [6.07, 6.45) is 0. The highest BCUT2D eigenvalue weighted by Gasteiger charge is 2.32. The van der Waals surface area contributed by atoms with Gasteiger partial charge in [0.2, 0.25) is 15.9 Å². The van der Waals surface area contributed by atoms with E-state index >= 15 is 0 Å². The summed E-state index contributed by atoms with van der Waals surface area (Å²) < 4.78 is 27.1. The quantitative estimate of drug-likeness (QED) is 0.746. The van der Waals surface area contributed by atoms with Crippen LogP contribution in [0.4, 0.5) is 5.69 Å². The zero-order valence-corrected chi connectivity index (χ0v) is 18.6. The first-order chi connectivity index (χ1) is 13.7. The number of anilines is 1. The van der Waals surface area contributed by atoms with Crippen LogP contribution >= 0.6 is 23.2 Å². The van der Waals surface area contributed by atoms with Crippen molar-refractivity contribution in [2.45, 2.75) is 24.8 Å². The molecule has 1 aliphatic heterocycles. The first-order valence-corrected chi connectivity index (χ1v) is 11.5. The van der Waals surface area contributed by atoms with E-state index in [-0.39, 0.29) is 21.9 Å². The monoisotopic (exact) mass is 455 g/mol. The maximum atomic E-state index is 12.9. The molecule has 0 aliphatic carbocycles. The highest BCUT2D eigenvalue weighted by Crippen LogP contribution is 2.27. The Morgan fingerprint density at radius 3 is 2.31 bits per heavy atom. The van der Waals surface area contributed by atoms with Gasteiger partial charge in [0, 0.05) is 31.9 Å². The van der Waals surface area contributed by atoms with Crippen LogP contribution < -0.4 is 5.32 Å². The van der Waals surface area contributed by atoms with E-state index in [2.05, 4.69) is 5.32 Å². The second-order valence-electron chi connectivity index (χ2n) is 7.00. The van der Waals surface area contributed by atoms with Crippen LogP contribution in [0.1, 0.15) is 12.5 Å². The van der Waals surface area contributed by atoms with Gasteiger partial charge in [0.15, 0.2) is 0 Å². The highest BCUT2D eigenvalue weighted by molar-refractivity contribution is 7.89. The molecular formula is C20H23Cl2N3O3S. The molecule has 6 nitrogen and oxygen atoms in total. The molecule has 0 radical (unpaired) electrons. The number of carbonyl (C=O) groups excluding carboxylic acids is 1. The average molecular weight is 456 g/mol. The van der Waals surface area contributed by atoms with Gasteiger partial charge in [-0.05, 0) is 43.7 Å². The number of amides is 1. The third-order valence-corrected chi connectivity index (χ3v) is 7.77. The van der Waals surface area contributed by atoms with Crippen LogP contribution in [0, 0.1) is 6.92 Å². The van der Waals surface area contributed by atoms with Gasteiger partial charge in [0.25, 0.3) is 0 Å². The summed E-state index contributed by atoms with van der Waals surface area (Å²) in [6.45, 7) is 5.28. The maximum Gasteiger partial charge on any atom is 0.243 e.